The Morgan fingerprint density at radius 2 is 1.72 bits per heavy atom. The van der Waals surface area contributed by atoms with Crippen molar-refractivity contribution in [2.75, 3.05) is 6.61 Å². The van der Waals surface area contributed by atoms with Gasteiger partial charge in [-0.1, -0.05) is 56.0 Å². The zero-order valence-corrected chi connectivity index (χ0v) is 11.2. The summed E-state index contributed by atoms with van der Waals surface area (Å²) >= 11 is 0. The average molecular weight is 247 g/mol. The van der Waals surface area contributed by atoms with Gasteiger partial charge in [-0.05, 0) is 24.8 Å². The molecule has 0 saturated heterocycles. The number of hydrogen-bond acceptors (Lipinski definition) is 2. The van der Waals surface area contributed by atoms with Crippen LogP contribution in [0.4, 0.5) is 0 Å². The largest absolute Gasteiger partial charge is 0.376 e. The molecule has 2 N–H and O–H groups in total. The fourth-order valence-corrected chi connectivity index (χ4v) is 2.66. The van der Waals surface area contributed by atoms with Crippen LogP contribution in [-0.4, -0.2) is 18.8 Å². The minimum absolute atomic E-state index is 0.237. The van der Waals surface area contributed by atoms with Crippen molar-refractivity contribution in [3.63, 3.8) is 0 Å². The highest BCUT2D eigenvalue weighted by molar-refractivity contribution is 5.14. The second-order valence-electron chi connectivity index (χ2n) is 5.30. The van der Waals surface area contributed by atoms with Gasteiger partial charge in [0.25, 0.3) is 0 Å². The minimum Gasteiger partial charge on any atom is -0.376 e. The van der Waals surface area contributed by atoms with Gasteiger partial charge in [-0.25, -0.2) is 0 Å². The van der Waals surface area contributed by atoms with Crippen LogP contribution in [0.25, 0.3) is 0 Å². The van der Waals surface area contributed by atoms with Gasteiger partial charge in [-0.2, -0.15) is 0 Å². The molecule has 1 aliphatic rings. The Morgan fingerprint density at radius 1 is 1.00 bits per heavy atom. The van der Waals surface area contributed by atoms with E-state index in [0.29, 0.717) is 0 Å². The Morgan fingerprint density at radius 3 is 2.50 bits per heavy atom. The molecule has 2 atom stereocenters. The summed E-state index contributed by atoms with van der Waals surface area (Å²) in [6.45, 7) is 0.794. The number of nitrogens with two attached hydrogens (primary N) is 1. The van der Waals surface area contributed by atoms with E-state index in [-0.39, 0.29) is 12.1 Å². The summed E-state index contributed by atoms with van der Waals surface area (Å²) in [4.78, 5) is 0. The quantitative estimate of drug-likeness (QED) is 0.886. The lowest BCUT2D eigenvalue weighted by molar-refractivity contribution is 0.0247. The van der Waals surface area contributed by atoms with Gasteiger partial charge in [0, 0.05) is 6.04 Å². The van der Waals surface area contributed by atoms with Crippen LogP contribution < -0.4 is 5.73 Å². The molecular formula is C16H25NO. The lowest BCUT2D eigenvalue weighted by Crippen LogP contribution is -2.38. The summed E-state index contributed by atoms with van der Waals surface area (Å²) in [6, 6.07) is 10.8. The first-order valence-corrected chi connectivity index (χ1v) is 7.27. The zero-order chi connectivity index (χ0) is 12.6. The highest BCUT2D eigenvalue weighted by Crippen LogP contribution is 2.19. The number of hydrogen-bond donors (Lipinski definition) is 1. The van der Waals surface area contributed by atoms with Gasteiger partial charge in [0.2, 0.25) is 0 Å². The molecule has 1 aromatic rings. The van der Waals surface area contributed by atoms with E-state index in [1.54, 1.807) is 0 Å². The standard InChI is InChI=1S/C16H25NO/c17-15-10-6-1-2-7-11-16(15)18-13-12-14-8-4-3-5-9-14/h3-5,8-9,15-16H,1-2,6-7,10-13,17H2. The Hall–Kier alpha value is -0.860. The van der Waals surface area contributed by atoms with Crippen molar-refractivity contribution < 1.29 is 4.74 Å². The third-order valence-electron chi connectivity index (χ3n) is 3.82. The van der Waals surface area contributed by atoms with Crippen molar-refractivity contribution >= 4 is 0 Å². The molecule has 0 aromatic heterocycles. The predicted molar refractivity (Wildman–Crippen MR) is 75.6 cm³/mol. The van der Waals surface area contributed by atoms with Crippen LogP contribution in [0.3, 0.4) is 0 Å². The van der Waals surface area contributed by atoms with Crippen molar-refractivity contribution in [2.24, 2.45) is 5.73 Å². The summed E-state index contributed by atoms with van der Waals surface area (Å²) in [6.07, 6.45) is 8.73. The number of benzene rings is 1. The van der Waals surface area contributed by atoms with Gasteiger partial charge in [0.1, 0.15) is 0 Å². The Balaban J connectivity index is 1.74. The van der Waals surface area contributed by atoms with Crippen LogP contribution in [0.2, 0.25) is 0 Å². The van der Waals surface area contributed by atoms with E-state index in [9.17, 15) is 0 Å². The number of ether oxygens (including phenoxy) is 1. The highest BCUT2D eigenvalue weighted by atomic mass is 16.5. The molecule has 1 fully saturated rings. The smallest absolute Gasteiger partial charge is 0.0726 e. The Kier molecular flexibility index (Phi) is 5.69. The van der Waals surface area contributed by atoms with E-state index in [4.69, 9.17) is 10.5 Å². The molecule has 0 heterocycles. The van der Waals surface area contributed by atoms with Crippen LogP contribution in [0.15, 0.2) is 30.3 Å². The van der Waals surface area contributed by atoms with Crippen molar-refractivity contribution in [3.05, 3.63) is 35.9 Å². The van der Waals surface area contributed by atoms with E-state index in [1.165, 1.54) is 31.2 Å². The normalized spacial score (nSPS) is 25.4. The highest BCUT2D eigenvalue weighted by Gasteiger charge is 2.19. The summed E-state index contributed by atoms with van der Waals surface area (Å²) in [7, 11) is 0. The van der Waals surface area contributed by atoms with E-state index in [2.05, 4.69) is 30.3 Å². The van der Waals surface area contributed by atoms with Crippen LogP contribution in [-0.2, 0) is 11.2 Å². The monoisotopic (exact) mass is 247 g/mol. The van der Waals surface area contributed by atoms with Crippen molar-refractivity contribution in [1.82, 2.24) is 0 Å². The first-order chi connectivity index (χ1) is 8.86. The van der Waals surface area contributed by atoms with Gasteiger partial charge in [-0.3, -0.25) is 0 Å². The van der Waals surface area contributed by atoms with Crippen LogP contribution >= 0.6 is 0 Å². The second-order valence-corrected chi connectivity index (χ2v) is 5.30. The molecule has 2 nitrogen and oxygen atoms in total. The van der Waals surface area contributed by atoms with Crippen molar-refractivity contribution in [3.8, 4) is 0 Å². The third-order valence-corrected chi connectivity index (χ3v) is 3.82. The fourth-order valence-electron chi connectivity index (χ4n) is 2.66. The van der Waals surface area contributed by atoms with Crippen molar-refractivity contribution in [1.29, 1.82) is 0 Å². The van der Waals surface area contributed by atoms with Gasteiger partial charge in [0.15, 0.2) is 0 Å². The average Bonchev–Trinajstić information content (AvgIpc) is 2.39. The maximum Gasteiger partial charge on any atom is 0.0726 e. The van der Waals surface area contributed by atoms with Crippen LogP contribution in [0.1, 0.15) is 44.1 Å². The Labute approximate surface area is 111 Å². The van der Waals surface area contributed by atoms with E-state index in [0.717, 1.165) is 25.9 Å². The molecule has 1 aliphatic carbocycles. The molecule has 2 unspecified atom stereocenters. The van der Waals surface area contributed by atoms with Crippen LogP contribution in [0.5, 0.6) is 0 Å². The second kappa shape index (κ2) is 7.55. The summed E-state index contributed by atoms with van der Waals surface area (Å²) in [5.74, 6) is 0. The molecule has 100 valence electrons. The molecule has 1 aromatic carbocycles. The first kappa shape index (κ1) is 13.6. The summed E-state index contributed by atoms with van der Waals surface area (Å²) in [5.41, 5.74) is 7.55. The minimum atomic E-state index is 0.237. The summed E-state index contributed by atoms with van der Waals surface area (Å²) < 4.78 is 6.01. The molecule has 0 amide bonds. The summed E-state index contributed by atoms with van der Waals surface area (Å²) in [5, 5.41) is 0. The molecule has 2 heteroatoms. The van der Waals surface area contributed by atoms with E-state index in [1.807, 2.05) is 0 Å². The predicted octanol–water partition coefficient (Wildman–Crippen LogP) is 3.30. The first-order valence-electron chi connectivity index (χ1n) is 7.27. The Bertz CT molecular complexity index is 325. The molecule has 18 heavy (non-hydrogen) atoms. The van der Waals surface area contributed by atoms with Crippen molar-refractivity contribution in [2.45, 2.75) is 57.1 Å². The lowest BCUT2D eigenvalue weighted by Gasteiger charge is -2.26. The van der Waals surface area contributed by atoms with E-state index >= 15 is 0 Å². The third kappa shape index (κ3) is 4.43. The van der Waals surface area contributed by atoms with Crippen LogP contribution in [0, 0.1) is 0 Å². The molecular weight excluding hydrogens is 222 g/mol. The van der Waals surface area contributed by atoms with Gasteiger partial charge in [0.05, 0.1) is 12.7 Å². The number of rotatable bonds is 4. The fraction of sp³-hybridized carbons (Fsp3) is 0.625. The molecule has 0 radical (unpaired) electrons. The molecule has 1 saturated carbocycles. The van der Waals surface area contributed by atoms with Gasteiger partial charge < -0.3 is 10.5 Å². The zero-order valence-electron chi connectivity index (χ0n) is 11.2. The maximum absolute atomic E-state index is 6.20. The van der Waals surface area contributed by atoms with E-state index < -0.39 is 0 Å². The molecule has 0 aliphatic heterocycles. The SMILES string of the molecule is NC1CCCCCCC1OCCc1ccccc1. The lowest BCUT2D eigenvalue weighted by atomic mass is 9.95. The molecule has 2 rings (SSSR count). The van der Waals surface area contributed by atoms with Gasteiger partial charge in [-0.15, -0.1) is 0 Å². The molecule has 0 spiro atoms. The molecule has 0 bridgehead atoms. The topological polar surface area (TPSA) is 35.2 Å². The van der Waals surface area contributed by atoms with Gasteiger partial charge >= 0.3 is 0 Å². The maximum atomic E-state index is 6.20.